The van der Waals surface area contributed by atoms with Crippen LogP contribution in [0.4, 0.5) is 0 Å². The summed E-state index contributed by atoms with van der Waals surface area (Å²) in [6.45, 7) is 7.99. The summed E-state index contributed by atoms with van der Waals surface area (Å²) in [6, 6.07) is 2.13. The minimum atomic E-state index is -0.121. The lowest BCUT2D eigenvalue weighted by atomic mass is 9.90. The average molecular weight is 332 g/mol. The Morgan fingerprint density at radius 2 is 2.00 bits per heavy atom. The number of piperidine rings is 2. The Morgan fingerprint density at radius 3 is 2.67 bits per heavy atom. The van der Waals surface area contributed by atoms with Gasteiger partial charge in [0.1, 0.15) is 0 Å². The molecule has 1 atom stereocenters. The van der Waals surface area contributed by atoms with Crippen molar-refractivity contribution in [1.29, 1.82) is 0 Å². The minimum Gasteiger partial charge on any atom is -0.342 e. The number of hydrogen-bond donors (Lipinski definition) is 1. The van der Waals surface area contributed by atoms with Gasteiger partial charge in [-0.05, 0) is 52.6 Å². The molecule has 2 aliphatic rings. The monoisotopic (exact) mass is 332 g/mol. The average Bonchev–Trinajstić information content (AvgIpc) is 2.61. The molecule has 2 fully saturated rings. The quantitative estimate of drug-likeness (QED) is 0.913. The maximum absolute atomic E-state index is 12.9. The van der Waals surface area contributed by atoms with Crippen molar-refractivity contribution in [3.05, 3.63) is 28.4 Å². The van der Waals surface area contributed by atoms with E-state index >= 15 is 0 Å². The second-order valence-corrected chi connectivity index (χ2v) is 7.36. The molecule has 1 unspecified atom stereocenters. The minimum absolute atomic E-state index is 0.121. The van der Waals surface area contributed by atoms with Crippen LogP contribution < -0.4 is 5.56 Å². The number of carbonyl (C=O) groups is 1. The van der Waals surface area contributed by atoms with Crippen LogP contribution in [0.2, 0.25) is 0 Å². The van der Waals surface area contributed by atoms with Crippen LogP contribution >= 0.6 is 0 Å². The Hall–Kier alpha value is -1.69. The van der Waals surface area contributed by atoms with E-state index < -0.39 is 0 Å². The van der Waals surface area contributed by atoms with Crippen LogP contribution in [-0.4, -0.2) is 57.9 Å². The van der Waals surface area contributed by atoms with Crippen LogP contribution in [0.15, 0.2) is 17.2 Å². The highest BCUT2D eigenvalue weighted by Crippen LogP contribution is 2.28. The van der Waals surface area contributed by atoms with E-state index in [0.29, 0.717) is 18.5 Å². The van der Waals surface area contributed by atoms with Crippen molar-refractivity contribution in [2.75, 3.05) is 26.2 Å². The van der Waals surface area contributed by atoms with Gasteiger partial charge in [-0.1, -0.05) is 0 Å². The van der Waals surface area contributed by atoms with Crippen LogP contribution in [0.3, 0.4) is 0 Å². The summed E-state index contributed by atoms with van der Waals surface area (Å²) in [6.07, 6.45) is 5.35. The second kappa shape index (κ2) is 7.47. The fourth-order valence-electron chi connectivity index (χ4n) is 3.95. The number of aromatic nitrogens is 2. The fraction of sp³-hybridized carbons (Fsp3) is 0.722. The van der Waals surface area contributed by atoms with Crippen LogP contribution in [-0.2, 0) is 4.79 Å². The summed E-state index contributed by atoms with van der Waals surface area (Å²) in [5.74, 6) is 0.639. The molecule has 3 rings (SSSR count). The summed E-state index contributed by atoms with van der Waals surface area (Å²) < 4.78 is 0. The first-order valence-electron chi connectivity index (χ1n) is 9.12. The Kier molecular flexibility index (Phi) is 5.33. The van der Waals surface area contributed by atoms with Crippen molar-refractivity contribution < 1.29 is 4.79 Å². The molecule has 0 saturated carbocycles. The number of H-pyrrole nitrogens is 1. The molecule has 0 aromatic carbocycles. The second-order valence-electron chi connectivity index (χ2n) is 7.36. The number of nitrogens with zero attached hydrogens (tertiary/aromatic N) is 3. The van der Waals surface area contributed by atoms with Gasteiger partial charge in [0.25, 0.3) is 5.56 Å². The zero-order valence-electron chi connectivity index (χ0n) is 14.7. The molecule has 132 valence electrons. The first-order valence-corrected chi connectivity index (χ1v) is 9.12. The van der Waals surface area contributed by atoms with E-state index in [0.717, 1.165) is 51.0 Å². The molecule has 6 nitrogen and oxygen atoms in total. The van der Waals surface area contributed by atoms with Gasteiger partial charge in [-0.25, -0.2) is 4.98 Å². The Balaban J connectivity index is 1.60. The van der Waals surface area contributed by atoms with Crippen molar-refractivity contribution in [1.82, 2.24) is 19.8 Å². The third-order valence-corrected chi connectivity index (χ3v) is 5.46. The molecule has 3 heterocycles. The van der Waals surface area contributed by atoms with Crippen LogP contribution in [0, 0.1) is 5.92 Å². The van der Waals surface area contributed by atoms with Crippen molar-refractivity contribution >= 4 is 5.91 Å². The molecule has 1 N–H and O–H groups in total. The molecule has 0 aliphatic carbocycles. The zero-order valence-corrected chi connectivity index (χ0v) is 14.7. The van der Waals surface area contributed by atoms with Gasteiger partial charge in [-0.2, -0.15) is 0 Å². The molecule has 0 spiro atoms. The maximum Gasteiger partial charge on any atom is 0.250 e. The summed E-state index contributed by atoms with van der Waals surface area (Å²) >= 11 is 0. The van der Waals surface area contributed by atoms with E-state index in [9.17, 15) is 9.59 Å². The summed E-state index contributed by atoms with van der Waals surface area (Å²) in [7, 11) is 0. The first-order chi connectivity index (χ1) is 11.5. The van der Waals surface area contributed by atoms with E-state index in [-0.39, 0.29) is 17.4 Å². The number of nitrogens with one attached hydrogen (secondary N) is 1. The normalized spacial score (nSPS) is 23.6. The van der Waals surface area contributed by atoms with Crippen LogP contribution in [0.1, 0.15) is 51.1 Å². The lowest BCUT2D eigenvalue weighted by molar-refractivity contribution is -0.138. The maximum atomic E-state index is 12.9. The summed E-state index contributed by atoms with van der Waals surface area (Å²) in [5, 5.41) is 0. The van der Waals surface area contributed by atoms with Crippen LogP contribution in [0.25, 0.3) is 0 Å². The number of amides is 1. The van der Waals surface area contributed by atoms with Gasteiger partial charge >= 0.3 is 0 Å². The van der Waals surface area contributed by atoms with Crippen molar-refractivity contribution in [3.63, 3.8) is 0 Å². The standard InChI is InChI=1S/C18H28N4O2/c1-13(2)21-8-5-14(6-9-21)18(24)22-7-3-4-15(11-22)16-10-17(23)20-12-19-16/h10,12-15H,3-9,11H2,1-2H3,(H,19,20,23). The number of hydrogen-bond acceptors (Lipinski definition) is 4. The summed E-state index contributed by atoms with van der Waals surface area (Å²) in [4.78, 5) is 35.7. The number of rotatable bonds is 3. The van der Waals surface area contributed by atoms with Gasteiger partial charge in [0.2, 0.25) is 5.91 Å². The van der Waals surface area contributed by atoms with E-state index in [1.165, 1.54) is 6.33 Å². The van der Waals surface area contributed by atoms with E-state index in [1.807, 2.05) is 4.90 Å². The highest BCUT2D eigenvalue weighted by Gasteiger charge is 2.32. The van der Waals surface area contributed by atoms with Gasteiger partial charge in [-0.15, -0.1) is 0 Å². The zero-order chi connectivity index (χ0) is 17.1. The number of likely N-dealkylation sites (tertiary alicyclic amines) is 2. The third-order valence-electron chi connectivity index (χ3n) is 5.46. The van der Waals surface area contributed by atoms with E-state index in [4.69, 9.17) is 0 Å². The van der Waals surface area contributed by atoms with Crippen molar-refractivity contribution in [3.8, 4) is 0 Å². The van der Waals surface area contributed by atoms with Gasteiger partial charge in [-0.3, -0.25) is 9.59 Å². The number of carbonyl (C=O) groups excluding carboxylic acids is 1. The molecular formula is C18H28N4O2. The third kappa shape index (κ3) is 3.86. The lowest BCUT2D eigenvalue weighted by Crippen LogP contribution is -2.47. The molecule has 1 amide bonds. The van der Waals surface area contributed by atoms with Crippen molar-refractivity contribution in [2.45, 2.75) is 51.5 Å². The molecule has 0 radical (unpaired) electrons. The van der Waals surface area contributed by atoms with E-state index in [1.54, 1.807) is 6.07 Å². The molecule has 24 heavy (non-hydrogen) atoms. The molecule has 0 bridgehead atoms. The van der Waals surface area contributed by atoms with Gasteiger partial charge in [0, 0.05) is 37.0 Å². The topological polar surface area (TPSA) is 69.3 Å². The predicted octanol–water partition coefficient (Wildman–Crippen LogP) is 1.60. The van der Waals surface area contributed by atoms with Gasteiger partial charge < -0.3 is 14.8 Å². The first kappa shape index (κ1) is 17.1. The lowest BCUT2D eigenvalue weighted by Gasteiger charge is -2.38. The summed E-state index contributed by atoms with van der Waals surface area (Å²) in [5.41, 5.74) is 0.690. The Morgan fingerprint density at radius 1 is 1.25 bits per heavy atom. The number of aromatic amines is 1. The molecular weight excluding hydrogens is 304 g/mol. The Bertz CT molecular complexity index is 619. The Labute approximate surface area is 143 Å². The molecule has 2 saturated heterocycles. The van der Waals surface area contributed by atoms with Gasteiger partial charge in [0.05, 0.1) is 12.0 Å². The molecule has 2 aliphatic heterocycles. The largest absolute Gasteiger partial charge is 0.342 e. The smallest absolute Gasteiger partial charge is 0.250 e. The molecule has 1 aromatic rings. The highest BCUT2D eigenvalue weighted by molar-refractivity contribution is 5.79. The molecule has 1 aromatic heterocycles. The SMILES string of the molecule is CC(C)N1CCC(C(=O)N2CCCC(c3cc(=O)[nH]cn3)C2)CC1. The van der Waals surface area contributed by atoms with Gasteiger partial charge in [0.15, 0.2) is 0 Å². The van der Waals surface area contributed by atoms with E-state index in [2.05, 4.69) is 28.7 Å². The van der Waals surface area contributed by atoms with Crippen LogP contribution in [0.5, 0.6) is 0 Å². The fourth-order valence-corrected chi connectivity index (χ4v) is 3.95. The molecule has 6 heteroatoms. The predicted molar refractivity (Wildman–Crippen MR) is 92.8 cm³/mol. The highest BCUT2D eigenvalue weighted by atomic mass is 16.2. The van der Waals surface area contributed by atoms with Crippen molar-refractivity contribution in [2.24, 2.45) is 5.92 Å².